The third-order valence-corrected chi connectivity index (χ3v) is 11.8. The van der Waals surface area contributed by atoms with Gasteiger partial charge in [-0.3, -0.25) is 28.8 Å². The summed E-state index contributed by atoms with van der Waals surface area (Å²) in [4.78, 5) is 84.7. The first-order chi connectivity index (χ1) is 24.4. The molecule has 17 nitrogen and oxygen atoms in total. The second-order valence-corrected chi connectivity index (χ2v) is 16.7. The van der Waals surface area contributed by atoms with Crippen LogP contribution < -0.4 is 16.8 Å². The monoisotopic (exact) mass is 740 g/mol. The molecule has 5 amide bonds. The first-order valence-electron chi connectivity index (χ1n) is 17.2. The van der Waals surface area contributed by atoms with Crippen molar-refractivity contribution in [2.24, 2.45) is 22.4 Å². The Morgan fingerprint density at radius 1 is 1.00 bits per heavy atom. The van der Waals surface area contributed by atoms with E-state index in [1.54, 1.807) is 0 Å². The number of benzene rings is 1. The van der Waals surface area contributed by atoms with Gasteiger partial charge in [-0.25, -0.2) is 18.1 Å². The number of Topliss-reactive ketones (excluding diaryl/α,β-unsaturated/α-hetero) is 1. The van der Waals surface area contributed by atoms with Gasteiger partial charge in [-0.05, 0) is 63.3 Å². The van der Waals surface area contributed by atoms with Crippen molar-refractivity contribution in [1.82, 2.24) is 25.2 Å². The number of aliphatic hydroxyl groups is 1. The van der Waals surface area contributed by atoms with Crippen molar-refractivity contribution < 1.29 is 42.3 Å². The molecule has 0 radical (unpaired) electrons. The minimum Gasteiger partial charge on any atom is -0.384 e. The number of nitrogens with two attached hydrogens (primary N) is 2. The molecule has 52 heavy (non-hydrogen) atoms. The molecule has 6 N–H and O–H groups in total. The molecular weight excluding hydrogens is 696 g/mol. The molecule has 1 aromatic carbocycles. The van der Waals surface area contributed by atoms with Crippen molar-refractivity contribution in [3.8, 4) is 0 Å². The van der Waals surface area contributed by atoms with Gasteiger partial charge >= 0.3 is 0 Å². The van der Waals surface area contributed by atoms with Crippen LogP contribution in [-0.2, 0) is 34.6 Å². The Bertz CT molecular complexity index is 1880. The van der Waals surface area contributed by atoms with Gasteiger partial charge in [0, 0.05) is 24.1 Å². The molecule has 3 heterocycles. The summed E-state index contributed by atoms with van der Waals surface area (Å²) in [6, 6.07) is 3.47. The van der Waals surface area contributed by atoms with Crippen LogP contribution in [-0.4, -0.2) is 104 Å². The summed E-state index contributed by atoms with van der Waals surface area (Å²) in [7, 11) is -3.55. The second kappa shape index (κ2) is 15.0. The molecule has 1 aromatic heterocycles. The van der Waals surface area contributed by atoms with E-state index >= 15 is 0 Å². The average molecular weight is 741 g/mol. The van der Waals surface area contributed by atoms with E-state index in [1.165, 1.54) is 53.9 Å². The van der Waals surface area contributed by atoms with Crippen LogP contribution in [0.15, 0.2) is 35.5 Å². The van der Waals surface area contributed by atoms with Gasteiger partial charge < -0.3 is 26.8 Å². The number of hydrogen-bond acceptors (Lipinski definition) is 11. The van der Waals surface area contributed by atoms with E-state index in [9.17, 15) is 42.3 Å². The zero-order valence-corrected chi connectivity index (χ0v) is 29.9. The molecule has 2 saturated heterocycles. The summed E-state index contributed by atoms with van der Waals surface area (Å²) < 4.78 is 26.0. The van der Waals surface area contributed by atoms with E-state index in [2.05, 4.69) is 20.6 Å². The topological polar surface area (TPSA) is 267 Å². The molecule has 5 rings (SSSR count). The third kappa shape index (κ3) is 8.44. The van der Waals surface area contributed by atoms with Crippen LogP contribution >= 0.6 is 0 Å². The van der Waals surface area contributed by atoms with Gasteiger partial charge in [0.05, 0.1) is 29.4 Å². The maximum Gasteiger partial charge on any atom is 0.287 e. The number of carbonyl (C=O) groups is 6. The van der Waals surface area contributed by atoms with E-state index in [1.807, 2.05) is 0 Å². The van der Waals surface area contributed by atoms with E-state index in [0.29, 0.717) is 5.69 Å². The zero-order valence-electron chi connectivity index (χ0n) is 29.1. The third-order valence-electron chi connectivity index (χ3n) is 10.2. The fourth-order valence-electron chi connectivity index (χ4n) is 7.24. The maximum atomic E-state index is 14.6. The number of primary amides is 2. The van der Waals surface area contributed by atoms with Crippen LogP contribution in [0.1, 0.15) is 104 Å². The highest BCUT2D eigenvalue weighted by atomic mass is 32.2. The SMILES string of the molecule is CC(C)(O)c1cnnn1[C@H]1C[C@@H](C(=O)NC2(C(=O)C(N)=O)CCS(=O)(=O)CC2)N(C(=O)C(CC2CCCCC2)=NC(=O)c2ccc(C(N)=O)cc2)C1. The zero-order chi connectivity index (χ0) is 38.0. The Morgan fingerprint density at radius 2 is 1.62 bits per heavy atom. The minimum absolute atomic E-state index is 0.0323. The maximum absolute atomic E-state index is 14.6. The number of amides is 5. The first-order valence-corrected chi connectivity index (χ1v) is 19.1. The van der Waals surface area contributed by atoms with E-state index in [-0.39, 0.29) is 42.1 Å². The molecule has 0 unspecified atom stereocenters. The number of carbonyl (C=O) groups excluding carboxylic acids is 6. The Balaban J connectivity index is 1.53. The number of ketones is 1. The number of aromatic nitrogens is 3. The molecule has 2 atom stereocenters. The van der Waals surface area contributed by atoms with Crippen molar-refractivity contribution in [2.45, 2.75) is 94.9 Å². The van der Waals surface area contributed by atoms with Crippen LogP contribution in [0.3, 0.4) is 0 Å². The van der Waals surface area contributed by atoms with Gasteiger partial charge in [-0.2, -0.15) is 0 Å². The number of likely N-dealkylation sites (tertiary alicyclic amines) is 1. The molecule has 3 fully saturated rings. The summed E-state index contributed by atoms with van der Waals surface area (Å²) in [6.45, 7) is 2.91. The standard InChI is InChI=1S/C34H44N8O9S/c1-33(2,49)26-18-37-40-42(26)23-17-25(31(47)39-34(27(43)29(36)45)12-14-52(50,51)15-13-34)41(19-23)32(48)24(16-20-6-4-3-5-7-20)38-30(46)22-10-8-21(9-11-22)28(35)44/h8-11,18,20,23,25,49H,3-7,12-17,19H2,1-2H3,(H2,35,44)(H2,36,45)(H,39,47)/t23-,25-/m0/s1. The Morgan fingerprint density at radius 3 is 2.19 bits per heavy atom. The van der Waals surface area contributed by atoms with Gasteiger partial charge in [-0.15, -0.1) is 5.10 Å². The normalized spacial score (nSPS) is 22.1. The van der Waals surface area contributed by atoms with Crippen LogP contribution in [0.25, 0.3) is 0 Å². The summed E-state index contributed by atoms with van der Waals surface area (Å²) in [6.07, 6.45) is 5.14. The van der Waals surface area contributed by atoms with Crippen molar-refractivity contribution in [1.29, 1.82) is 0 Å². The summed E-state index contributed by atoms with van der Waals surface area (Å²) >= 11 is 0. The minimum atomic E-state index is -3.55. The van der Waals surface area contributed by atoms with Gasteiger partial charge in [0.25, 0.3) is 17.7 Å². The number of nitrogens with zero attached hydrogens (tertiary/aromatic N) is 5. The van der Waals surface area contributed by atoms with Crippen LogP contribution in [0.5, 0.6) is 0 Å². The molecule has 18 heteroatoms. The van der Waals surface area contributed by atoms with Crippen molar-refractivity contribution in [3.63, 3.8) is 0 Å². The lowest BCUT2D eigenvalue weighted by Gasteiger charge is -2.37. The van der Waals surface area contributed by atoms with Gasteiger partial charge in [-0.1, -0.05) is 37.3 Å². The lowest BCUT2D eigenvalue weighted by atomic mass is 9.85. The highest BCUT2D eigenvalue weighted by Gasteiger charge is 2.50. The van der Waals surface area contributed by atoms with E-state index in [4.69, 9.17) is 11.5 Å². The fourth-order valence-corrected chi connectivity index (χ4v) is 8.76. The van der Waals surface area contributed by atoms with Gasteiger partial charge in [0.2, 0.25) is 17.6 Å². The molecule has 3 aliphatic rings. The predicted octanol–water partition coefficient (Wildman–Crippen LogP) is 0.116. The molecule has 2 aliphatic heterocycles. The van der Waals surface area contributed by atoms with Crippen molar-refractivity contribution >= 4 is 50.9 Å². The van der Waals surface area contributed by atoms with Gasteiger partial charge in [0.15, 0.2) is 9.84 Å². The Hall–Kier alpha value is -4.84. The number of aliphatic imine (C=N–C) groups is 1. The highest BCUT2D eigenvalue weighted by molar-refractivity contribution is 7.91. The molecule has 0 bridgehead atoms. The quantitative estimate of drug-likeness (QED) is 0.177. The molecular formula is C34H44N8O9S. The van der Waals surface area contributed by atoms with E-state index in [0.717, 1.165) is 32.1 Å². The van der Waals surface area contributed by atoms with Crippen molar-refractivity contribution in [3.05, 3.63) is 47.3 Å². The number of rotatable bonds is 11. The lowest BCUT2D eigenvalue weighted by Crippen LogP contribution is -2.64. The predicted molar refractivity (Wildman–Crippen MR) is 185 cm³/mol. The van der Waals surface area contributed by atoms with Crippen LogP contribution in [0.2, 0.25) is 0 Å². The lowest BCUT2D eigenvalue weighted by molar-refractivity contribution is -0.143. The average Bonchev–Trinajstić information content (AvgIpc) is 3.77. The summed E-state index contributed by atoms with van der Waals surface area (Å²) in [5.74, 6) is -6.42. The van der Waals surface area contributed by atoms with E-state index < -0.39 is 92.7 Å². The van der Waals surface area contributed by atoms with Crippen molar-refractivity contribution in [2.75, 3.05) is 18.1 Å². The van der Waals surface area contributed by atoms with Gasteiger partial charge in [0.1, 0.15) is 22.9 Å². The molecule has 280 valence electrons. The summed E-state index contributed by atoms with van der Waals surface area (Å²) in [5.41, 5.74) is 7.84. The van der Waals surface area contributed by atoms with Crippen LogP contribution in [0, 0.1) is 5.92 Å². The molecule has 0 spiro atoms. The smallest absolute Gasteiger partial charge is 0.287 e. The molecule has 1 saturated carbocycles. The Labute approximate surface area is 300 Å². The Kier molecular flexibility index (Phi) is 11.1. The first kappa shape index (κ1) is 38.4. The molecule has 2 aromatic rings. The largest absolute Gasteiger partial charge is 0.384 e. The number of nitrogens with one attached hydrogen (secondary N) is 1. The second-order valence-electron chi connectivity index (χ2n) is 14.4. The highest BCUT2D eigenvalue weighted by Crippen LogP contribution is 2.34. The number of sulfone groups is 1. The fraction of sp³-hybridized carbons (Fsp3) is 0.559. The van der Waals surface area contributed by atoms with Crippen LogP contribution in [0.4, 0.5) is 0 Å². The molecule has 1 aliphatic carbocycles. The summed E-state index contributed by atoms with van der Waals surface area (Å²) in [5, 5.41) is 21.5. The number of hydrogen-bond donors (Lipinski definition) is 4.